The van der Waals surface area contributed by atoms with Crippen LogP contribution in [-0.2, 0) is 0 Å². The van der Waals surface area contributed by atoms with E-state index in [2.05, 4.69) is 19.9 Å². The van der Waals surface area contributed by atoms with E-state index in [0.717, 1.165) is 11.5 Å². The van der Waals surface area contributed by atoms with Gasteiger partial charge in [-0.1, -0.05) is 0 Å². The van der Waals surface area contributed by atoms with Crippen LogP contribution in [0.5, 0.6) is 0 Å². The Morgan fingerprint density at radius 1 is 1.17 bits per heavy atom. The van der Waals surface area contributed by atoms with Gasteiger partial charge in [0.15, 0.2) is 17.0 Å². The molecule has 3 rings (SSSR count). The fraction of sp³-hybridized carbons (Fsp3) is 0.0909. The van der Waals surface area contributed by atoms with Crippen molar-refractivity contribution >= 4 is 28.6 Å². The van der Waals surface area contributed by atoms with Gasteiger partial charge in [-0.2, -0.15) is 9.97 Å². The highest BCUT2D eigenvalue weighted by Gasteiger charge is 2.14. The Kier molecular flexibility index (Phi) is 2.38. The van der Waals surface area contributed by atoms with E-state index in [0.29, 0.717) is 11.2 Å². The quantitative estimate of drug-likeness (QED) is 0.674. The lowest BCUT2D eigenvalue weighted by atomic mass is 10.4. The van der Waals surface area contributed by atoms with Gasteiger partial charge in [-0.05, 0) is 30.7 Å². The Bertz CT molecular complexity index is 721. The van der Waals surface area contributed by atoms with Gasteiger partial charge in [0.1, 0.15) is 5.82 Å². The number of aryl methyl sites for hydroxylation is 1. The minimum atomic E-state index is 0.107. The largest absolute Gasteiger partial charge is 0.382 e. The zero-order valence-corrected chi connectivity index (χ0v) is 10.3. The molecule has 0 aromatic carbocycles. The third-order valence-electron chi connectivity index (χ3n) is 2.60. The lowest BCUT2D eigenvalue weighted by Gasteiger charge is -2.05. The average Bonchev–Trinajstić information content (AvgIpc) is 2.67. The normalized spacial score (nSPS) is 11.0. The molecule has 0 aliphatic rings. The second kappa shape index (κ2) is 3.92. The van der Waals surface area contributed by atoms with Crippen LogP contribution in [0.4, 0.5) is 5.82 Å². The predicted octanol–water partition coefficient (Wildman–Crippen LogP) is 1.75. The average molecular weight is 261 g/mol. The van der Waals surface area contributed by atoms with E-state index in [1.54, 1.807) is 12.4 Å². The number of hydrogen-bond acceptors (Lipinski definition) is 5. The predicted molar refractivity (Wildman–Crippen MR) is 68.6 cm³/mol. The fourth-order valence-corrected chi connectivity index (χ4v) is 2.03. The molecule has 0 radical (unpaired) electrons. The number of nitrogen functional groups attached to an aromatic ring is 1. The van der Waals surface area contributed by atoms with E-state index in [1.165, 1.54) is 0 Å². The van der Waals surface area contributed by atoms with Crippen molar-refractivity contribution in [3.63, 3.8) is 0 Å². The van der Waals surface area contributed by atoms with Gasteiger partial charge in [0.25, 0.3) is 0 Å². The summed E-state index contributed by atoms with van der Waals surface area (Å²) >= 11 is 5.84. The number of hydrogen-bond donors (Lipinski definition) is 1. The summed E-state index contributed by atoms with van der Waals surface area (Å²) in [7, 11) is 0. The Hall–Kier alpha value is -2.21. The van der Waals surface area contributed by atoms with E-state index in [-0.39, 0.29) is 11.1 Å². The van der Waals surface area contributed by atoms with Crippen LogP contribution in [0.25, 0.3) is 16.9 Å². The van der Waals surface area contributed by atoms with Crippen LogP contribution < -0.4 is 5.73 Å². The molecule has 0 saturated heterocycles. The number of pyridine rings is 1. The summed E-state index contributed by atoms with van der Waals surface area (Å²) in [6.45, 7) is 1.87. The summed E-state index contributed by atoms with van der Waals surface area (Å²) in [5.41, 5.74) is 7.84. The number of nitrogens with zero attached hydrogens (tertiary/aromatic N) is 5. The number of halogens is 1. The molecule has 3 aromatic heterocycles. The molecule has 0 bridgehead atoms. The van der Waals surface area contributed by atoms with Crippen molar-refractivity contribution < 1.29 is 0 Å². The first-order chi connectivity index (χ1) is 8.66. The number of fused-ring (bicyclic) bond motifs is 1. The first-order valence-electron chi connectivity index (χ1n) is 5.25. The number of anilines is 1. The van der Waals surface area contributed by atoms with E-state index < -0.39 is 0 Å². The second-order valence-corrected chi connectivity index (χ2v) is 4.09. The van der Waals surface area contributed by atoms with Crippen molar-refractivity contribution in [3.8, 4) is 5.69 Å². The summed E-state index contributed by atoms with van der Waals surface area (Å²) in [5, 5.41) is 0.107. The highest BCUT2D eigenvalue weighted by atomic mass is 35.5. The number of rotatable bonds is 1. The molecule has 7 heteroatoms. The SMILES string of the molecule is Cc1nc2c(N)nc(Cl)nc2n1-c1ccncc1. The number of nitrogens with two attached hydrogens (primary N) is 1. The Morgan fingerprint density at radius 2 is 1.89 bits per heavy atom. The van der Waals surface area contributed by atoms with E-state index in [4.69, 9.17) is 17.3 Å². The maximum absolute atomic E-state index is 5.84. The molecule has 0 saturated carbocycles. The smallest absolute Gasteiger partial charge is 0.226 e. The van der Waals surface area contributed by atoms with E-state index in [1.807, 2.05) is 23.6 Å². The van der Waals surface area contributed by atoms with Crippen LogP contribution in [0.2, 0.25) is 5.28 Å². The Balaban J connectivity index is 2.39. The van der Waals surface area contributed by atoms with Gasteiger partial charge in [-0.3, -0.25) is 9.55 Å². The lowest BCUT2D eigenvalue weighted by molar-refractivity contribution is 0.980. The number of aromatic nitrogens is 5. The van der Waals surface area contributed by atoms with Crippen molar-refractivity contribution in [2.75, 3.05) is 5.73 Å². The van der Waals surface area contributed by atoms with Gasteiger partial charge in [-0.25, -0.2) is 4.98 Å². The zero-order valence-electron chi connectivity index (χ0n) is 9.50. The lowest BCUT2D eigenvalue weighted by Crippen LogP contribution is -2.00. The topological polar surface area (TPSA) is 82.5 Å². The molecular formula is C11H9ClN6. The second-order valence-electron chi connectivity index (χ2n) is 3.75. The molecule has 6 nitrogen and oxygen atoms in total. The van der Waals surface area contributed by atoms with Gasteiger partial charge in [0.2, 0.25) is 5.28 Å². The molecule has 3 heterocycles. The summed E-state index contributed by atoms with van der Waals surface area (Å²) in [5.74, 6) is 1.04. The standard InChI is InChI=1S/C11H9ClN6/c1-6-15-8-9(13)16-11(12)17-10(8)18(6)7-2-4-14-5-3-7/h2-5H,1H3,(H2,13,16,17). The van der Waals surface area contributed by atoms with Gasteiger partial charge in [0.05, 0.1) is 5.69 Å². The van der Waals surface area contributed by atoms with Gasteiger partial charge >= 0.3 is 0 Å². The first kappa shape index (κ1) is 10.9. The van der Waals surface area contributed by atoms with Crippen molar-refractivity contribution in [2.45, 2.75) is 6.92 Å². The molecule has 0 unspecified atom stereocenters. The molecule has 90 valence electrons. The summed E-state index contributed by atoms with van der Waals surface area (Å²) in [4.78, 5) is 16.4. The van der Waals surface area contributed by atoms with Gasteiger partial charge in [0, 0.05) is 12.4 Å². The van der Waals surface area contributed by atoms with Crippen LogP contribution in [0, 0.1) is 6.92 Å². The van der Waals surface area contributed by atoms with Crippen LogP contribution in [0.15, 0.2) is 24.5 Å². The van der Waals surface area contributed by atoms with Crippen molar-refractivity contribution in [1.29, 1.82) is 0 Å². The summed E-state index contributed by atoms with van der Waals surface area (Å²) in [6.07, 6.45) is 3.40. The monoisotopic (exact) mass is 260 g/mol. The Labute approximate surface area is 107 Å². The van der Waals surface area contributed by atoms with Crippen LogP contribution >= 0.6 is 11.6 Å². The van der Waals surface area contributed by atoms with Crippen LogP contribution in [0.3, 0.4) is 0 Å². The third kappa shape index (κ3) is 1.58. The first-order valence-corrected chi connectivity index (χ1v) is 5.63. The molecule has 0 amide bonds. The summed E-state index contributed by atoms with van der Waals surface area (Å²) in [6, 6.07) is 3.72. The van der Waals surface area contributed by atoms with Crippen molar-refractivity contribution in [3.05, 3.63) is 35.6 Å². The molecular weight excluding hydrogens is 252 g/mol. The molecule has 2 N–H and O–H groups in total. The van der Waals surface area contributed by atoms with E-state index >= 15 is 0 Å². The maximum Gasteiger partial charge on any atom is 0.226 e. The molecule has 0 aliphatic carbocycles. The minimum absolute atomic E-state index is 0.107. The van der Waals surface area contributed by atoms with Crippen molar-refractivity contribution in [2.24, 2.45) is 0 Å². The Morgan fingerprint density at radius 3 is 2.61 bits per heavy atom. The van der Waals surface area contributed by atoms with Crippen LogP contribution in [0.1, 0.15) is 5.82 Å². The maximum atomic E-state index is 5.84. The molecule has 0 atom stereocenters. The van der Waals surface area contributed by atoms with Crippen LogP contribution in [-0.4, -0.2) is 24.5 Å². The zero-order chi connectivity index (χ0) is 12.7. The molecule has 18 heavy (non-hydrogen) atoms. The summed E-state index contributed by atoms with van der Waals surface area (Å²) < 4.78 is 1.86. The van der Waals surface area contributed by atoms with Gasteiger partial charge < -0.3 is 5.73 Å². The molecule has 0 fully saturated rings. The van der Waals surface area contributed by atoms with E-state index in [9.17, 15) is 0 Å². The molecule has 0 aliphatic heterocycles. The van der Waals surface area contributed by atoms with Crippen molar-refractivity contribution in [1.82, 2.24) is 24.5 Å². The third-order valence-corrected chi connectivity index (χ3v) is 2.76. The van der Waals surface area contributed by atoms with Gasteiger partial charge in [-0.15, -0.1) is 0 Å². The highest BCUT2D eigenvalue weighted by Crippen LogP contribution is 2.23. The number of imidazole rings is 1. The molecule has 3 aromatic rings. The molecule has 0 spiro atoms. The highest BCUT2D eigenvalue weighted by molar-refractivity contribution is 6.28. The minimum Gasteiger partial charge on any atom is -0.382 e. The fourth-order valence-electron chi connectivity index (χ4n) is 1.86.